The highest BCUT2D eigenvalue weighted by molar-refractivity contribution is 5.38. The second kappa shape index (κ2) is 8.48. The molecule has 0 saturated carbocycles. The summed E-state index contributed by atoms with van der Waals surface area (Å²) in [5.74, 6) is 1.81. The van der Waals surface area contributed by atoms with E-state index in [0.717, 1.165) is 31.4 Å². The molecule has 3 heterocycles. The fraction of sp³-hybridized carbons (Fsp3) is 0.810. The van der Waals surface area contributed by atoms with Gasteiger partial charge in [-0.3, -0.25) is 4.90 Å². The largest absolute Gasteiger partial charge is 0.332 e. The summed E-state index contributed by atoms with van der Waals surface area (Å²) in [6.45, 7) is 11.6. The molecule has 0 amide bonds. The summed E-state index contributed by atoms with van der Waals surface area (Å²) >= 11 is 0. The normalized spacial score (nSPS) is 23.8. The Labute approximate surface area is 154 Å². The Bertz CT molecular complexity index is 528. The van der Waals surface area contributed by atoms with Crippen molar-refractivity contribution in [2.24, 2.45) is 5.92 Å². The van der Waals surface area contributed by atoms with Gasteiger partial charge in [-0.1, -0.05) is 33.1 Å². The summed E-state index contributed by atoms with van der Waals surface area (Å²) in [6, 6.07) is 3.95. The fourth-order valence-corrected chi connectivity index (χ4v) is 4.37. The molecule has 0 spiro atoms. The minimum Gasteiger partial charge on any atom is -0.332 e. The lowest BCUT2D eigenvalue weighted by atomic mass is 10.0. The Morgan fingerprint density at radius 3 is 2.40 bits per heavy atom. The smallest absolute Gasteiger partial charge is 0.226 e. The highest BCUT2D eigenvalue weighted by Crippen LogP contribution is 2.33. The van der Waals surface area contributed by atoms with Crippen molar-refractivity contribution in [1.29, 1.82) is 0 Å². The predicted octanol–water partition coefficient (Wildman–Crippen LogP) is 4.30. The van der Waals surface area contributed by atoms with Gasteiger partial charge in [0.05, 0.1) is 0 Å². The third kappa shape index (κ3) is 4.72. The summed E-state index contributed by atoms with van der Waals surface area (Å²) in [5.41, 5.74) is 1.22. The second-order valence-corrected chi connectivity index (χ2v) is 8.68. The molecule has 1 aromatic rings. The zero-order valence-corrected chi connectivity index (χ0v) is 16.6. The summed E-state index contributed by atoms with van der Waals surface area (Å²) in [6.07, 6.45) is 10.9. The number of hydrogen-bond acceptors (Lipinski definition) is 4. The van der Waals surface area contributed by atoms with Crippen LogP contribution in [0.15, 0.2) is 12.3 Å². The van der Waals surface area contributed by atoms with Gasteiger partial charge in [0.1, 0.15) is 0 Å². The number of nitrogens with zero attached hydrogens (tertiary/aromatic N) is 4. The number of piperazine rings is 1. The maximum absolute atomic E-state index is 4.94. The topological polar surface area (TPSA) is 32.3 Å². The van der Waals surface area contributed by atoms with Crippen molar-refractivity contribution >= 4 is 5.95 Å². The van der Waals surface area contributed by atoms with Gasteiger partial charge >= 0.3 is 0 Å². The van der Waals surface area contributed by atoms with E-state index in [2.05, 4.69) is 48.5 Å². The molecule has 4 heteroatoms. The lowest BCUT2D eigenvalue weighted by Gasteiger charge is -2.42. The van der Waals surface area contributed by atoms with Gasteiger partial charge in [-0.2, -0.15) is 0 Å². The van der Waals surface area contributed by atoms with Crippen LogP contribution in [-0.4, -0.2) is 46.1 Å². The molecule has 2 bridgehead atoms. The Hall–Kier alpha value is -1.16. The maximum Gasteiger partial charge on any atom is 0.226 e. The molecule has 0 aromatic carbocycles. The third-order valence-corrected chi connectivity index (χ3v) is 5.89. The van der Waals surface area contributed by atoms with Gasteiger partial charge in [0.15, 0.2) is 0 Å². The van der Waals surface area contributed by atoms with Crippen LogP contribution < -0.4 is 4.90 Å². The first-order chi connectivity index (χ1) is 12.0. The summed E-state index contributed by atoms with van der Waals surface area (Å²) in [5, 5.41) is 0. The molecule has 2 aliphatic rings. The summed E-state index contributed by atoms with van der Waals surface area (Å²) in [4.78, 5) is 14.7. The monoisotopic (exact) mass is 344 g/mol. The second-order valence-electron chi connectivity index (χ2n) is 8.68. The van der Waals surface area contributed by atoms with Crippen molar-refractivity contribution in [3.8, 4) is 0 Å². The number of unbranched alkanes of at least 4 members (excludes halogenated alkanes) is 2. The van der Waals surface area contributed by atoms with Crippen LogP contribution in [0.5, 0.6) is 0 Å². The van der Waals surface area contributed by atoms with Crippen LogP contribution in [0.25, 0.3) is 0 Å². The molecule has 0 aliphatic carbocycles. The standard InChI is InChI=1S/C21H36N4/c1-16(2)8-6-5-7-9-18-12-13-22-21(23-18)25-19-10-11-20(25)15-24(14-19)17(3)4/h12-13,16-17,19-20H,5-11,14-15H2,1-4H3. The van der Waals surface area contributed by atoms with Gasteiger partial charge in [0, 0.05) is 43.1 Å². The van der Waals surface area contributed by atoms with Gasteiger partial charge in [-0.15, -0.1) is 0 Å². The first-order valence-electron chi connectivity index (χ1n) is 10.4. The van der Waals surface area contributed by atoms with E-state index < -0.39 is 0 Å². The van der Waals surface area contributed by atoms with Crippen molar-refractivity contribution in [2.75, 3.05) is 18.0 Å². The van der Waals surface area contributed by atoms with Crippen molar-refractivity contribution < 1.29 is 0 Å². The molecule has 2 aliphatic heterocycles. The van der Waals surface area contributed by atoms with E-state index in [4.69, 9.17) is 4.98 Å². The van der Waals surface area contributed by atoms with Crippen LogP contribution in [0.3, 0.4) is 0 Å². The molecule has 2 saturated heterocycles. The molecule has 0 N–H and O–H groups in total. The van der Waals surface area contributed by atoms with E-state index in [1.165, 1.54) is 44.2 Å². The van der Waals surface area contributed by atoms with Crippen LogP contribution in [0.2, 0.25) is 0 Å². The first kappa shape index (κ1) is 18.6. The van der Waals surface area contributed by atoms with Crippen LogP contribution >= 0.6 is 0 Å². The number of rotatable bonds is 8. The minimum absolute atomic E-state index is 0.599. The van der Waals surface area contributed by atoms with Crippen LogP contribution in [0, 0.1) is 5.92 Å². The Kier molecular flexibility index (Phi) is 6.32. The predicted molar refractivity (Wildman–Crippen MR) is 105 cm³/mol. The van der Waals surface area contributed by atoms with Crippen molar-refractivity contribution in [3.05, 3.63) is 18.0 Å². The summed E-state index contributed by atoms with van der Waals surface area (Å²) < 4.78 is 0. The maximum atomic E-state index is 4.94. The number of aromatic nitrogens is 2. The lowest BCUT2D eigenvalue weighted by Crippen LogP contribution is -2.56. The molecule has 4 nitrogen and oxygen atoms in total. The zero-order valence-electron chi connectivity index (χ0n) is 16.6. The number of anilines is 1. The van der Waals surface area contributed by atoms with E-state index in [-0.39, 0.29) is 0 Å². The molecule has 2 unspecified atom stereocenters. The molecule has 140 valence electrons. The fourth-order valence-electron chi connectivity index (χ4n) is 4.37. The lowest BCUT2D eigenvalue weighted by molar-refractivity contribution is 0.176. The highest BCUT2D eigenvalue weighted by atomic mass is 15.4. The van der Waals surface area contributed by atoms with Crippen LogP contribution in [0.1, 0.15) is 71.9 Å². The highest BCUT2D eigenvalue weighted by Gasteiger charge is 2.41. The minimum atomic E-state index is 0.599. The van der Waals surface area contributed by atoms with E-state index in [0.29, 0.717) is 18.1 Å². The molecule has 1 aromatic heterocycles. The Balaban J connectivity index is 1.57. The zero-order chi connectivity index (χ0) is 17.8. The van der Waals surface area contributed by atoms with Crippen LogP contribution in [-0.2, 0) is 6.42 Å². The Morgan fingerprint density at radius 1 is 1.04 bits per heavy atom. The van der Waals surface area contributed by atoms with Crippen molar-refractivity contribution in [1.82, 2.24) is 14.9 Å². The molecule has 2 atom stereocenters. The van der Waals surface area contributed by atoms with Gasteiger partial charge in [-0.05, 0) is 51.5 Å². The van der Waals surface area contributed by atoms with Crippen molar-refractivity contribution in [3.63, 3.8) is 0 Å². The van der Waals surface area contributed by atoms with E-state index in [1.54, 1.807) is 0 Å². The van der Waals surface area contributed by atoms with Crippen molar-refractivity contribution in [2.45, 2.75) is 90.8 Å². The van der Waals surface area contributed by atoms with E-state index in [9.17, 15) is 0 Å². The average molecular weight is 345 g/mol. The Morgan fingerprint density at radius 2 is 1.76 bits per heavy atom. The first-order valence-corrected chi connectivity index (χ1v) is 10.4. The molecular weight excluding hydrogens is 308 g/mol. The number of hydrogen-bond donors (Lipinski definition) is 0. The molecule has 25 heavy (non-hydrogen) atoms. The van der Waals surface area contributed by atoms with Gasteiger partial charge in [-0.25, -0.2) is 9.97 Å². The number of aryl methyl sites for hydroxylation is 1. The van der Waals surface area contributed by atoms with Gasteiger partial charge in [0.2, 0.25) is 5.95 Å². The summed E-state index contributed by atoms with van der Waals surface area (Å²) in [7, 11) is 0. The average Bonchev–Trinajstić information content (AvgIpc) is 2.84. The van der Waals surface area contributed by atoms with Crippen LogP contribution in [0.4, 0.5) is 5.95 Å². The molecule has 0 radical (unpaired) electrons. The van der Waals surface area contributed by atoms with Gasteiger partial charge < -0.3 is 4.90 Å². The number of likely N-dealkylation sites (tertiary alicyclic amines) is 1. The molecule has 2 fully saturated rings. The quantitative estimate of drug-likeness (QED) is 0.658. The van der Waals surface area contributed by atoms with E-state index in [1.807, 2.05) is 6.20 Å². The molecule has 3 rings (SSSR count). The third-order valence-electron chi connectivity index (χ3n) is 5.89. The molecular formula is C21H36N4. The van der Waals surface area contributed by atoms with Gasteiger partial charge in [0.25, 0.3) is 0 Å². The number of fused-ring (bicyclic) bond motifs is 2. The SMILES string of the molecule is CC(C)CCCCCc1ccnc(N2C3CCC2CN(C(C)C)C3)n1. The van der Waals surface area contributed by atoms with E-state index >= 15 is 0 Å².